The fraction of sp³-hybridized carbons (Fsp3) is 0.560. The van der Waals surface area contributed by atoms with E-state index in [4.69, 9.17) is 11.5 Å². The number of Topliss-reactive ketones (excluding diaryl/α,β-unsaturated/α-hetero) is 2. The Kier molecular flexibility index (Phi) is 10.9. The van der Waals surface area contributed by atoms with Gasteiger partial charge in [0.05, 0.1) is 6.04 Å². The van der Waals surface area contributed by atoms with Gasteiger partial charge in [-0.2, -0.15) is 0 Å². The predicted octanol–water partition coefficient (Wildman–Crippen LogP) is 2.41. The average molecular weight is 550 g/mol. The third-order valence-corrected chi connectivity index (χ3v) is 6.79. The lowest BCUT2D eigenvalue weighted by atomic mass is 9.85. The van der Waals surface area contributed by atoms with Gasteiger partial charge in [0.1, 0.15) is 11.8 Å². The molecule has 0 aromatic heterocycles. The van der Waals surface area contributed by atoms with Gasteiger partial charge in [-0.05, 0) is 49.4 Å². The molecular formula is C25H36BrN5O4. The van der Waals surface area contributed by atoms with E-state index in [9.17, 15) is 19.2 Å². The largest absolute Gasteiger partial charge is 0.370 e. The van der Waals surface area contributed by atoms with Gasteiger partial charge in [-0.1, -0.05) is 36.7 Å². The summed E-state index contributed by atoms with van der Waals surface area (Å²) in [5, 5.41) is 2.83. The summed E-state index contributed by atoms with van der Waals surface area (Å²) >= 11 is 3.34. The van der Waals surface area contributed by atoms with Crippen LogP contribution in [0.3, 0.4) is 0 Å². The van der Waals surface area contributed by atoms with Crippen LogP contribution >= 0.6 is 15.9 Å². The predicted molar refractivity (Wildman–Crippen MR) is 139 cm³/mol. The molecule has 10 heteroatoms. The monoisotopic (exact) mass is 549 g/mol. The summed E-state index contributed by atoms with van der Waals surface area (Å²) in [7, 11) is 0. The van der Waals surface area contributed by atoms with Gasteiger partial charge in [0, 0.05) is 41.9 Å². The van der Waals surface area contributed by atoms with Crippen molar-refractivity contribution in [1.29, 1.82) is 0 Å². The maximum absolute atomic E-state index is 13.3. The van der Waals surface area contributed by atoms with Crippen LogP contribution in [0.1, 0.15) is 63.2 Å². The van der Waals surface area contributed by atoms with E-state index in [1.54, 1.807) is 31.2 Å². The lowest BCUT2D eigenvalue weighted by Crippen LogP contribution is -2.61. The summed E-state index contributed by atoms with van der Waals surface area (Å²) in [4.78, 5) is 57.0. The Morgan fingerprint density at radius 2 is 1.83 bits per heavy atom. The molecule has 5 N–H and O–H groups in total. The van der Waals surface area contributed by atoms with Crippen molar-refractivity contribution in [3.63, 3.8) is 0 Å². The number of carbonyl (C=O) groups is 4. The zero-order valence-corrected chi connectivity index (χ0v) is 22.2. The van der Waals surface area contributed by atoms with Crippen LogP contribution in [0, 0.1) is 11.8 Å². The molecule has 2 amide bonds. The number of hydrogen-bond acceptors (Lipinski definition) is 5. The maximum Gasteiger partial charge on any atom is 0.251 e. The third-order valence-electron chi connectivity index (χ3n) is 6.26. The van der Waals surface area contributed by atoms with Crippen LogP contribution in [0.4, 0.5) is 0 Å². The first kappa shape index (κ1) is 28.5. The molecule has 1 aliphatic rings. The molecule has 0 unspecified atom stereocenters. The number of hydrogen-bond donors (Lipinski definition) is 3. The number of benzene rings is 1. The fourth-order valence-electron chi connectivity index (χ4n) is 4.09. The Balaban J connectivity index is 2.03. The molecule has 0 saturated carbocycles. The Morgan fingerprint density at radius 3 is 2.34 bits per heavy atom. The maximum atomic E-state index is 13.3. The number of halogens is 1. The Labute approximate surface area is 215 Å². The Hall–Kier alpha value is -2.75. The fourth-order valence-corrected chi connectivity index (χ4v) is 4.36. The minimum Gasteiger partial charge on any atom is -0.370 e. The van der Waals surface area contributed by atoms with Crippen molar-refractivity contribution in [3.05, 3.63) is 34.3 Å². The van der Waals surface area contributed by atoms with Crippen molar-refractivity contribution in [2.45, 2.75) is 65.0 Å². The molecule has 192 valence electrons. The van der Waals surface area contributed by atoms with Gasteiger partial charge in [0.2, 0.25) is 5.91 Å². The van der Waals surface area contributed by atoms with Crippen LogP contribution in [0.2, 0.25) is 0 Å². The summed E-state index contributed by atoms with van der Waals surface area (Å²) in [5.41, 5.74) is 11.1. The van der Waals surface area contributed by atoms with E-state index in [0.29, 0.717) is 44.3 Å². The van der Waals surface area contributed by atoms with E-state index in [1.165, 1.54) is 4.90 Å². The Morgan fingerprint density at radius 1 is 1.17 bits per heavy atom. The molecule has 0 aliphatic carbocycles. The number of amides is 2. The molecule has 3 atom stereocenters. The first-order chi connectivity index (χ1) is 16.5. The molecule has 1 heterocycles. The quantitative estimate of drug-likeness (QED) is 0.195. The standard InChI is InChI=1S/C25H36BrN5O4/c1-4-20(32)17(6-5-12-29-25(27)28)14-21(33)19-11-13-31(19)24(35)22(15(2)3)30-23(34)16-7-9-18(26)10-8-16/h7-10,15,17,19,22H,4-6,11-14H2,1-3H3,(H,30,34)(H4,27,28,29)/t17-,19+,22+/m1/s1. The van der Waals surface area contributed by atoms with Gasteiger partial charge >= 0.3 is 0 Å². The van der Waals surface area contributed by atoms with Crippen molar-refractivity contribution < 1.29 is 19.2 Å². The van der Waals surface area contributed by atoms with E-state index in [-0.39, 0.29) is 41.7 Å². The molecule has 2 rings (SSSR count). The second-order valence-electron chi connectivity index (χ2n) is 9.17. The van der Waals surface area contributed by atoms with Crippen LogP contribution in [-0.4, -0.2) is 59.4 Å². The highest BCUT2D eigenvalue weighted by molar-refractivity contribution is 9.10. The zero-order valence-electron chi connectivity index (χ0n) is 20.6. The molecule has 35 heavy (non-hydrogen) atoms. The molecule has 1 aliphatic heterocycles. The van der Waals surface area contributed by atoms with E-state index in [1.807, 2.05) is 13.8 Å². The van der Waals surface area contributed by atoms with Crippen LogP contribution in [-0.2, 0) is 14.4 Å². The highest BCUT2D eigenvalue weighted by Gasteiger charge is 2.42. The first-order valence-electron chi connectivity index (χ1n) is 12.0. The van der Waals surface area contributed by atoms with Crippen LogP contribution in [0.25, 0.3) is 0 Å². The molecule has 1 fully saturated rings. The molecule has 1 aromatic carbocycles. The summed E-state index contributed by atoms with van der Waals surface area (Å²) < 4.78 is 0.851. The van der Waals surface area contributed by atoms with Crippen LogP contribution < -0.4 is 16.8 Å². The second kappa shape index (κ2) is 13.4. The summed E-state index contributed by atoms with van der Waals surface area (Å²) in [6.45, 7) is 6.33. The lowest BCUT2D eigenvalue weighted by molar-refractivity contribution is -0.149. The normalized spacial score (nSPS) is 16.7. The van der Waals surface area contributed by atoms with Crippen molar-refractivity contribution in [3.8, 4) is 0 Å². The van der Waals surface area contributed by atoms with E-state index in [0.717, 1.165) is 4.47 Å². The number of nitrogens with zero attached hydrogens (tertiary/aromatic N) is 2. The van der Waals surface area contributed by atoms with Crippen molar-refractivity contribution in [1.82, 2.24) is 10.2 Å². The first-order valence-corrected chi connectivity index (χ1v) is 12.8. The number of nitrogens with two attached hydrogens (primary N) is 2. The van der Waals surface area contributed by atoms with Crippen LogP contribution in [0.15, 0.2) is 33.7 Å². The minimum atomic E-state index is -0.755. The highest BCUT2D eigenvalue weighted by atomic mass is 79.9. The molecule has 0 spiro atoms. The van der Waals surface area contributed by atoms with Gasteiger partial charge < -0.3 is 21.7 Å². The summed E-state index contributed by atoms with van der Waals surface area (Å²) in [5.74, 6) is -1.32. The zero-order chi connectivity index (χ0) is 26.1. The van der Waals surface area contributed by atoms with E-state index < -0.39 is 18.0 Å². The van der Waals surface area contributed by atoms with Gasteiger partial charge in [-0.15, -0.1) is 0 Å². The molecule has 9 nitrogen and oxygen atoms in total. The van der Waals surface area contributed by atoms with Gasteiger partial charge in [-0.3, -0.25) is 24.2 Å². The molecular weight excluding hydrogens is 514 g/mol. The smallest absolute Gasteiger partial charge is 0.251 e. The number of likely N-dealkylation sites (tertiary alicyclic amines) is 1. The van der Waals surface area contributed by atoms with Crippen molar-refractivity contribution in [2.75, 3.05) is 13.1 Å². The molecule has 0 radical (unpaired) electrons. The number of ketones is 2. The molecule has 1 saturated heterocycles. The van der Waals surface area contributed by atoms with Gasteiger partial charge in [0.15, 0.2) is 11.7 Å². The van der Waals surface area contributed by atoms with Gasteiger partial charge in [-0.25, -0.2) is 0 Å². The summed E-state index contributed by atoms with van der Waals surface area (Å²) in [6.07, 6.45) is 2.07. The number of nitrogens with one attached hydrogen (secondary N) is 1. The van der Waals surface area contributed by atoms with Crippen molar-refractivity contribution in [2.24, 2.45) is 28.3 Å². The lowest BCUT2D eigenvalue weighted by Gasteiger charge is -2.42. The summed E-state index contributed by atoms with van der Waals surface area (Å²) in [6, 6.07) is 5.55. The van der Waals surface area contributed by atoms with Gasteiger partial charge in [0.25, 0.3) is 5.91 Å². The average Bonchev–Trinajstić information content (AvgIpc) is 2.77. The SMILES string of the molecule is CCC(=O)[C@H](CCCN=C(N)N)CC(=O)[C@@H]1CCN1C(=O)[C@@H](NC(=O)c1ccc(Br)cc1)C(C)C. The Bertz CT molecular complexity index is 944. The number of aliphatic imine (C=N–C) groups is 1. The third kappa shape index (κ3) is 8.16. The number of carbonyl (C=O) groups excluding carboxylic acids is 4. The second-order valence-corrected chi connectivity index (χ2v) is 10.1. The van der Waals surface area contributed by atoms with E-state index in [2.05, 4.69) is 26.2 Å². The minimum absolute atomic E-state index is 0.00463. The van der Waals surface area contributed by atoms with Crippen molar-refractivity contribution >= 4 is 45.3 Å². The highest BCUT2D eigenvalue weighted by Crippen LogP contribution is 2.26. The number of guanidine groups is 1. The molecule has 0 bridgehead atoms. The molecule has 1 aromatic rings. The number of rotatable bonds is 13. The van der Waals surface area contributed by atoms with Crippen LogP contribution in [0.5, 0.6) is 0 Å². The topological polar surface area (TPSA) is 148 Å². The van der Waals surface area contributed by atoms with E-state index >= 15 is 0 Å².